The summed E-state index contributed by atoms with van der Waals surface area (Å²) < 4.78 is 5.75. The van der Waals surface area contributed by atoms with Crippen molar-refractivity contribution in [3.63, 3.8) is 0 Å². The molecule has 3 aliphatic rings. The zero-order chi connectivity index (χ0) is 25.3. The fourth-order valence-corrected chi connectivity index (χ4v) is 6.59. The number of hydrogen-bond acceptors (Lipinski definition) is 5. The Hall–Kier alpha value is -2.86. The minimum absolute atomic E-state index is 0.161. The average molecular weight is 487 g/mol. The van der Waals surface area contributed by atoms with Crippen LogP contribution in [0.1, 0.15) is 49.3 Å². The first-order valence-electron chi connectivity index (χ1n) is 13.0. The molecule has 3 aromatic rings. The molecule has 3 N–H and O–H groups in total. The van der Waals surface area contributed by atoms with Gasteiger partial charge in [0.15, 0.2) is 0 Å². The highest BCUT2D eigenvalue weighted by Crippen LogP contribution is 2.51. The van der Waals surface area contributed by atoms with Crippen LogP contribution in [0.5, 0.6) is 5.75 Å². The highest BCUT2D eigenvalue weighted by Gasteiger charge is 2.55. The number of aliphatic hydroxyl groups is 2. The molecular weight excluding hydrogens is 448 g/mol. The first kappa shape index (κ1) is 24.8. The van der Waals surface area contributed by atoms with E-state index in [-0.39, 0.29) is 24.1 Å². The lowest BCUT2D eigenvalue weighted by atomic mass is 9.62. The summed E-state index contributed by atoms with van der Waals surface area (Å²) in [7, 11) is 1.68. The molecule has 3 heterocycles. The summed E-state index contributed by atoms with van der Waals surface area (Å²) >= 11 is 0. The van der Waals surface area contributed by atoms with Gasteiger partial charge >= 0.3 is 0 Å². The number of methoxy groups -OCH3 is 1. The molecule has 3 aromatic carbocycles. The third-order valence-electron chi connectivity index (χ3n) is 8.61. The Morgan fingerprint density at radius 1 is 1.00 bits per heavy atom. The number of ether oxygens (including phenoxy) is 1. The zero-order valence-electron chi connectivity index (χ0n) is 21.5. The van der Waals surface area contributed by atoms with E-state index in [1.165, 1.54) is 11.1 Å². The third-order valence-corrected chi connectivity index (χ3v) is 8.61. The maximum Gasteiger partial charge on any atom is 0.141 e. The van der Waals surface area contributed by atoms with E-state index in [1.807, 2.05) is 18.2 Å². The number of benzene rings is 3. The van der Waals surface area contributed by atoms with Gasteiger partial charge in [0.25, 0.3) is 0 Å². The smallest absolute Gasteiger partial charge is 0.141 e. The lowest BCUT2D eigenvalue weighted by molar-refractivity contribution is -0.0401. The highest BCUT2D eigenvalue weighted by atomic mass is 16.5. The van der Waals surface area contributed by atoms with Crippen molar-refractivity contribution >= 4 is 5.69 Å². The lowest BCUT2D eigenvalue weighted by Gasteiger charge is -2.61. The van der Waals surface area contributed by atoms with Crippen molar-refractivity contribution in [2.75, 3.05) is 32.1 Å². The van der Waals surface area contributed by atoms with Gasteiger partial charge in [0, 0.05) is 17.5 Å². The van der Waals surface area contributed by atoms with Gasteiger partial charge in [0.1, 0.15) is 11.4 Å². The van der Waals surface area contributed by atoms with Crippen LogP contribution in [0.15, 0.2) is 78.9 Å². The number of anilines is 1. The molecule has 2 bridgehead atoms. The number of piperidine rings is 3. The Labute approximate surface area is 214 Å². The molecule has 3 aliphatic heterocycles. The number of hydrogen-bond donors (Lipinski definition) is 3. The van der Waals surface area contributed by atoms with Crippen LogP contribution < -0.4 is 10.1 Å². The number of nitrogens with one attached hydrogen (secondary N) is 1. The van der Waals surface area contributed by atoms with E-state index in [4.69, 9.17) is 4.74 Å². The second kappa shape index (κ2) is 9.89. The first-order chi connectivity index (χ1) is 17.4. The maximum atomic E-state index is 10.8. The van der Waals surface area contributed by atoms with Crippen LogP contribution in [0.2, 0.25) is 0 Å². The summed E-state index contributed by atoms with van der Waals surface area (Å²) in [5.41, 5.74) is 2.64. The Morgan fingerprint density at radius 2 is 1.58 bits per heavy atom. The summed E-state index contributed by atoms with van der Waals surface area (Å²) in [6.07, 6.45) is 2.31. The topological polar surface area (TPSA) is 65.0 Å². The van der Waals surface area contributed by atoms with E-state index in [1.54, 1.807) is 14.0 Å². The van der Waals surface area contributed by atoms with Crippen molar-refractivity contribution in [2.45, 2.75) is 49.8 Å². The quantitative estimate of drug-likeness (QED) is 0.419. The van der Waals surface area contributed by atoms with Crippen LogP contribution in [-0.4, -0.2) is 53.5 Å². The van der Waals surface area contributed by atoms with Crippen LogP contribution in [-0.2, 0) is 5.60 Å². The average Bonchev–Trinajstić information content (AvgIpc) is 2.92. The predicted molar refractivity (Wildman–Crippen MR) is 144 cm³/mol. The van der Waals surface area contributed by atoms with E-state index in [2.05, 4.69) is 77.8 Å². The summed E-state index contributed by atoms with van der Waals surface area (Å²) in [5, 5.41) is 24.4. The molecule has 0 aliphatic carbocycles. The molecule has 3 fully saturated rings. The van der Waals surface area contributed by atoms with E-state index in [0.717, 1.165) is 37.4 Å². The molecule has 5 nitrogen and oxygen atoms in total. The maximum absolute atomic E-state index is 10.8. The Bertz CT molecular complexity index is 1120. The van der Waals surface area contributed by atoms with Gasteiger partial charge in [0.05, 0.1) is 19.4 Å². The van der Waals surface area contributed by atoms with Crippen molar-refractivity contribution in [1.29, 1.82) is 0 Å². The van der Waals surface area contributed by atoms with E-state index in [0.29, 0.717) is 11.5 Å². The SMILES string of the molecule is COc1ccc(C(C)(O)CO)cc1N[C@H]1C2CCN(CC2)[C@]1(C)C(c1ccccc1)c1ccccc1. The normalized spacial score (nSPS) is 27.0. The summed E-state index contributed by atoms with van der Waals surface area (Å²) in [5.74, 6) is 1.43. The minimum atomic E-state index is -1.32. The summed E-state index contributed by atoms with van der Waals surface area (Å²) in [4.78, 5) is 2.68. The number of fused-ring (bicyclic) bond motifs is 3. The van der Waals surface area contributed by atoms with E-state index < -0.39 is 5.60 Å². The monoisotopic (exact) mass is 486 g/mol. The Morgan fingerprint density at radius 3 is 2.11 bits per heavy atom. The summed E-state index contributed by atoms with van der Waals surface area (Å²) in [6.45, 7) is 5.89. The van der Waals surface area contributed by atoms with Gasteiger partial charge in [-0.2, -0.15) is 0 Å². The Balaban J connectivity index is 1.62. The molecule has 0 saturated carbocycles. The van der Waals surface area contributed by atoms with E-state index >= 15 is 0 Å². The Kier molecular flexibility index (Phi) is 6.82. The molecule has 0 spiro atoms. The molecule has 1 unspecified atom stereocenters. The standard InChI is InChI=1S/C31H38N2O3/c1-30(35,21-34)25-14-15-27(36-3)26(20-25)32-29-24-16-18-33(19-17-24)31(29,2)28(22-10-6-4-7-11-22)23-12-8-5-9-13-23/h4-15,20,24,28-29,32,34-35H,16-19,21H2,1-3H3/t29-,30?,31+/m0/s1. The number of nitrogens with zero attached hydrogens (tertiary/aromatic N) is 1. The molecule has 5 heteroatoms. The molecule has 0 aromatic heterocycles. The zero-order valence-corrected chi connectivity index (χ0v) is 21.5. The number of aliphatic hydroxyl groups excluding tert-OH is 1. The van der Waals surface area contributed by atoms with Gasteiger partial charge in [-0.25, -0.2) is 0 Å². The molecular formula is C31H38N2O3. The molecule has 0 amide bonds. The summed E-state index contributed by atoms with van der Waals surface area (Å²) in [6, 6.07) is 27.5. The van der Waals surface area contributed by atoms with Crippen molar-refractivity contribution in [3.8, 4) is 5.75 Å². The van der Waals surface area contributed by atoms with Crippen LogP contribution in [0, 0.1) is 5.92 Å². The van der Waals surface area contributed by atoms with Crippen LogP contribution in [0.3, 0.4) is 0 Å². The molecule has 190 valence electrons. The van der Waals surface area contributed by atoms with Gasteiger partial charge in [-0.15, -0.1) is 0 Å². The molecule has 3 saturated heterocycles. The fourth-order valence-electron chi connectivity index (χ4n) is 6.59. The number of rotatable bonds is 8. The lowest BCUT2D eigenvalue weighted by Crippen LogP contribution is -2.70. The minimum Gasteiger partial charge on any atom is -0.495 e. The van der Waals surface area contributed by atoms with Crippen LogP contribution in [0.4, 0.5) is 5.69 Å². The van der Waals surface area contributed by atoms with Crippen LogP contribution in [0.25, 0.3) is 0 Å². The van der Waals surface area contributed by atoms with Crippen LogP contribution >= 0.6 is 0 Å². The highest BCUT2D eigenvalue weighted by molar-refractivity contribution is 5.60. The second-order valence-electron chi connectivity index (χ2n) is 10.8. The van der Waals surface area contributed by atoms with Gasteiger partial charge in [-0.05, 0) is 74.5 Å². The molecule has 3 atom stereocenters. The van der Waals surface area contributed by atoms with Gasteiger partial charge in [0.2, 0.25) is 0 Å². The fraction of sp³-hybridized carbons (Fsp3) is 0.419. The van der Waals surface area contributed by atoms with Gasteiger partial charge < -0.3 is 20.3 Å². The predicted octanol–water partition coefficient (Wildman–Crippen LogP) is 4.99. The van der Waals surface area contributed by atoms with Crippen molar-refractivity contribution in [2.24, 2.45) is 5.92 Å². The molecule has 6 rings (SSSR count). The van der Waals surface area contributed by atoms with Gasteiger partial charge in [-0.3, -0.25) is 4.90 Å². The van der Waals surface area contributed by atoms with Crippen molar-refractivity contribution < 1.29 is 14.9 Å². The van der Waals surface area contributed by atoms with Crippen molar-refractivity contribution in [1.82, 2.24) is 4.90 Å². The van der Waals surface area contributed by atoms with Crippen molar-refractivity contribution in [3.05, 3.63) is 95.6 Å². The first-order valence-corrected chi connectivity index (χ1v) is 13.0. The largest absolute Gasteiger partial charge is 0.495 e. The van der Waals surface area contributed by atoms with Gasteiger partial charge in [-0.1, -0.05) is 66.7 Å². The second-order valence-corrected chi connectivity index (χ2v) is 10.8. The molecule has 36 heavy (non-hydrogen) atoms. The third kappa shape index (κ3) is 4.30. The van der Waals surface area contributed by atoms with E-state index in [9.17, 15) is 10.2 Å². The molecule has 0 radical (unpaired) electrons.